The molecule has 0 saturated carbocycles. The predicted octanol–water partition coefficient (Wildman–Crippen LogP) is 3.45. The summed E-state index contributed by atoms with van der Waals surface area (Å²) in [5, 5.41) is 11.2. The molecule has 1 aliphatic rings. The SMILES string of the molecule is CCC(NC(=O)C1CCN(C(=O)OCc2ccccc2)CC1)c1nnc(-c2ccccc2)[nH]c1=O. The van der Waals surface area contributed by atoms with Crippen LogP contribution in [0.15, 0.2) is 65.5 Å². The minimum Gasteiger partial charge on any atom is -0.445 e. The fourth-order valence-electron chi connectivity index (χ4n) is 4.09. The number of ether oxygens (including phenoxy) is 1. The molecule has 2 amide bonds. The molecular weight excluding hydrogens is 446 g/mol. The molecule has 0 aliphatic carbocycles. The highest BCUT2D eigenvalue weighted by molar-refractivity contribution is 5.79. The standard InChI is InChI=1S/C26H29N5O4/c1-2-21(22-25(33)28-23(30-29-22)19-11-7-4-8-12-19)27-24(32)20-13-15-31(16-14-20)26(34)35-17-18-9-5-3-6-10-18/h3-12,20-21H,2,13-17H2,1H3,(H,27,32)(H,28,30,33). The first-order chi connectivity index (χ1) is 17.0. The first-order valence-corrected chi connectivity index (χ1v) is 11.8. The van der Waals surface area contributed by atoms with Gasteiger partial charge in [0.1, 0.15) is 6.61 Å². The molecule has 0 spiro atoms. The number of likely N-dealkylation sites (tertiary alicyclic amines) is 1. The highest BCUT2D eigenvalue weighted by atomic mass is 16.6. The lowest BCUT2D eigenvalue weighted by Crippen LogP contribution is -2.44. The molecule has 1 atom stereocenters. The Hall–Kier alpha value is -4.01. The number of nitrogens with one attached hydrogen (secondary N) is 2. The van der Waals surface area contributed by atoms with Gasteiger partial charge in [0.05, 0.1) is 6.04 Å². The number of aromatic nitrogens is 3. The molecule has 2 aromatic carbocycles. The van der Waals surface area contributed by atoms with Gasteiger partial charge in [-0.3, -0.25) is 9.59 Å². The van der Waals surface area contributed by atoms with Crippen molar-refractivity contribution in [2.24, 2.45) is 5.92 Å². The van der Waals surface area contributed by atoms with E-state index in [2.05, 4.69) is 20.5 Å². The first kappa shape index (κ1) is 24.1. The smallest absolute Gasteiger partial charge is 0.410 e. The molecule has 0 bridgehead atoms. The van der Waals surface area contributed by atoms with Gasteiger partial charge < -0.3 is 19.9 Å². The molecule has 0 radical (unpaired) electrons. The van der Waals surface area contributed by atoms with E-state index < -0.39 is 6.04 Å². The normalized spacial score (nSPS) is 14.8. The number of carbonyl (C=O) groups is 2. The van der Waals surface area contributed by atoms with E-state index in [1.54, 1.807) is 4.90 Å². The molecule has 1 unspecified atom stereocenters. The van der Waals surface area contributed by atoms with Crippen LogP contribution in [0.5, 0.6) is 0 Å². The van der Waals surface area contributed by atoms with Gasteiger partial charge in [0.15, 0.2) is 11.5 Å². The molecular formula is C26H29N5O4. The number of piperidine rings is 1. The van der Waals surface area contributed by atoms with Gasteiger partial charge in [0.25, 0.3) is 5.56 Å². The van der Waals surface area contributed by atoms with Gasteiger partial charge >= 0.3 is 6.09 Å². The number of benzene rings is 2. The Kier molecular flexibility index (Phi) is 7.87. The molecule has 2 N–H and O–H groups in total. The van der Waals surface area contributed by atoms with E-state index in [4.69, 9.17) is 4.74 Å². The van der Waals surface area contributed by atoms with E-state index in [1.807, 2.05) is 67.6 Å². The summed E-state index contributed by atoms with van der Waals surface area (Å²) in [6.07, 6.45) is 1.17. The number of nitrogens with zero attached hydrogens (tertiary/aromatic N) is 3. The number of amides is 2. The summed E-state index contributed by atoms with van der Waals surface area (Å²) in [6.45, 7) is 2.97. The maximum Gasteiger partial charge on any atom is 0.410 e. The minimum absolute atomic E-state index is 0.150. The van der Waals surface area contributed by atoms with Gasteiger partial charge in [0, 0.05) is 24.6 Å². The number of H-pyrrole nitrogens is 1. The second-order valence-corrected chi connectivity index (χ2v) is 8.52. The zero-order valence-electron chi connectivity index (χ0n) is 19.6. The van der Waals surface area contributed by atoms with E-state index >= 15 is 0 Å². The fourth-order valence-corrected chi connectivity index (χ4v) is 4.09. The lowest BCUT2D eigenvalue weighted by atomic mass is 9.95. The summed E-state index contributed by atoms with van der Waals surface area (Å²) in [5.74, 6) is -0.0209. The number of hydrogen-bond donors (Lipinski definition) is 2. The number of aromatic amines is 1. The van der Waals surface area contributed by atoms with Crippen molar-refractivity contribution in [1.82, 2.24) is 25.4 Å². The maximum atomic E-state index is 12.9. The molecule has 1 aromatic heterocycles. The minimum atomic E-state index is -0.544. The second-order valence-electron chi connectivity index (χ2n) is 8.52. The van der Waals surface area contributed by atoms with Crippen LogP contribution in [-0.4, -0.2) is 45.2 Å². The molecule has 2 heterocycles. The van der Waals surface area contributed by atoms with Gasteiger partial charge in [-0.15, -0.1) is 10.2 Å². The lowest BCUT2D eigenvalue weighted by molar-refractivity contribution is -0.127. The summed E-state index contributed by atoms with van der Waals surface area (Å²) in [4.78, 5) is 42.4. The van der Waals surface area contributed by atoms with Crippen LogP contribution >= 0.6 is 0 Å². The van der Waals surface area contributed by atoms with Gasteiger partial charge in [-0.1, -0.05) is 67.6 Å². The molecule has 9 heteroatoms. The van der Waals surface area contributed by atoms with Crippen LogP contribution in [0.1, 0.15) is 43.5 Å². The topological polar surface area (TPSA) is 117 Å². The fraction of sp³-hybridized carbons (Fsp3) is 0.346. The third-order valence-corrected chi connectivity index (χ3v) is 6.15. The Morgan fingerprint density at radius 2 is 1.71 bits per heavy atom. The second kappa shape index (κ2) is 11.4. The van der Waals surface area contributed by atoms with Crippen molar-refractivity contribution >= 4 is 12.0 Å². The molecule has 35 heavy (non-hydrogen) atoms. The Labute approximate surface area is 203 Å². The van der Waals surface area contributed by atoms with Crippen LogP contribution in [0.3, 0.4) is 0 Å². The number of rotatable bonds is 7. The summed E-state index contributed by atoms with van der Waals surface area (Å²) in [6, 6.07) is 18.2. The summed E-state index contributed by atoms with van der Waals surface area (Å²) in [5.41, 5.74) is 1.50. The Morgan fingerprint density at radius 1 is 1.06 bits per heavy atom. The van der Waals surface area contributed by atoms with Gasteiger partial charge in [-0.2, -0.15) is 0 Å². The van der Waals surface area contributed by atoms with Crippen molar-refractivity contribution < 1.29 is 14.3 Å². The Balaban J connectivity index is 1.30. The summed E-state index contributed by atoms with van der Waals surface area (Å²) in [7, 11) is 0. The lowest BCUT2D eigenvalue weighted by Gasteiger charge is -2.31. The molecule has 1 aliphatic heterocycles. The van der Waals surface area contributed by atoms with E-state index in [1.165, 1.54) is 0 Å². The van der Waals surface area contributed by atoms with E-state index in [9.17, 15) is 14.4 Å². The molecule has 1 fully saturated rings. The number of hydrogen-bond acceptors (Lipinski definition) is 6. The van der Waals surface area contributed by atoms with Gasteiger partial charge in [-0.05, 0) is 24.8 Å². The van der Waals surface area contributed by atoms with Crippen LogP contribution in [0.4, 0.5) is 4.79 Å². The predicted molar refractivity (Wildman–Crippen MR) is 130 cm³/mol. The average Bonchev–Trinajstić information content (AvgIpc) is 2.91. The van der Waals surface area contributed by atoms with Crippen molar-refractivity contribution in [1.29, 1.82) is 0 Å². The zero-order chi connectivity index (χ0) is 24.6. The van der Waals surface area contributed by atoms with E-state index in [0.717, 1.165) is 11.1 Å². The van der Waals surface area contributed by atoms with Crippen molar-refractivity contribution in [3.05, 3.63) is 82.3 Å². The van der Waals surface area contributed by atoms with E-state index in [-0.39, 0.29) is 35.8 Å². The van der Waals surface area contributed by atoms with Crippen LogP contribution in [0.2, 0.25) is 0 Å². The molecule has 9 nitrogen and oxygen atoms in total. The first-order valence-electron chi connectivity index (χ1n) is 11.8. The van der Waals surface area contributed by atoms with Crippen molar-refractivity contribution in [2.45, 2.75) is 38.8 Å². The van der Waals surface area contributed by atoms with Gasteiger partial charge in [-0.25, -0.2) is 4.79 Å². The maximum absolute atomic E-state index is 12.9. The van der Waals surface area contributed by atoms with Crippen molar-refractivity contribution in [3.8, 4) is 11.4 Å². The number of carbonyl (C=O) groups excluding carboxylic acids is 2. The summed E-state index contributed by atoms with van der Waals surface area (Å²) < 4.78 is 5.39. The van der Waals surface area contributed by atoms with Crippen molar-refractivity contribution in [2.75, 3.05) is 13.1 Å². The zero-order valence-corrected chi connectivity index (χ0v) is 19.6. The highest BCUT2D eigenvalue weighted by Gasteiger charge is 2.30. The quantitative estimate of drug-likeness (QED) is 0.541. The third kappa shape index (κ3) is 6.11. The molecule has 1 saturated heterocycles. The van der Waals surface area contributed by atoms with Crippen molar-refractivity contribution in [3.63, 3.8) is 0 Å². The summed E-state index contributed by atoms with van der Waals surface area (Å²) >= 11 is 0. The molecule has 3 aromatic rings. The average molecular weight is 476 g/mol. The highest BCUT2D eigenvalue weighted by Crippen LogP contribution is 2.21. The third-order valence-electron chi connectivity index (χ3n) is 6.15. The largest absolute Gasteiger partial charge is 0.445 e. The van der Waals surface area contributed by atoms with Crippen LogP contribution < -0.4 is 10.9 Å². The molecule has 182 valence electrons. The van der Waals surface area contributed by atoms with Crippen LogP contribution in [-0.2, 0) is 16.1 Å². The Bertz CT molecular complexity index is 1190. The van der Waals surface area contributed by atoms with Crippen LogP contribution in [0, 0.1) is 5.92 Å². The van der Waals surface area contributed by atoms with Crippen LogP contribution in [0.25, 0.3) is 11.4 Å². The monoisotopic (exact) mass is 475 g/mol. The van der Waals surface area contributed by atoms with E-state index in [0.29, 0.717) is 38.2 Å². The van der Waals surface area contributed by atoms with Gasteiger partial charge in [0.2, 0.25) is 5.91 Å². The Morgan fingerprint density at radius 3 is 2.34 bits per heavy atom. The molecule has 4 rings (SSSR count).